The fourth-order valence-corrected chi connectivity index (χ4v) is 0.512. The highest BCUT2D eigenvalue weighted by atomic mass is 14.2. The number of rotatable bonds is 3. The highest BCUT2D eigenvalue weighted by molar-refractivity contribution is 5.11. The number of allylic oxidation sites excluding steroid dienone is 3. The number of nitrogens with zero attached hydrogens (tertiary/aromatic N) is 1. The molecule has 0 radical (unpaired) electrons. The Labute approximate surface area is 56.3 Å². The van der Waals surface area contributed by atoms with Crippen molar-refractivity contribution in [1.29, 1.82) is 5.26 Å². The summed E-state index contributed by atoms with van der Waals surface area (Å²) < 4.78 is 0. The van der Waals surface area contributed by atoms with E-state index in [4.69, 9.17) is 5.26 Å². The van der Waals surface area contributed by atoms with E-state index in [1.807, 2.05) is 19.1 Å². The molecular weight excluding hydrogens is 110 g/mol. The first kappa shape index (κ1) is 7.97. The summed E-state index contributed by atoms with van der Waals surface area (Å²) in [6.45, 7) is 5.53. The van der Waals surface area contributed by atoms with Gasteiger partial charge in [-0.1, -0.05) is 11.6 Å². The van der Waals surface area contributed by atoms with E-state index in [2.05, 4.69) is 6.58 Å². The van der Waals surface area contributed by atoms with Crippen LogP contribution in [-0.4, -0.2) is 0 Å². The Hall–Kier alpha value is -1.03. The molecule has 0 N–H and O–H groups in total. The van der Waals surface area contributed by atoms with Crippen LogP contribution in [0.2, 0.25) is 0 Å². The summed E-state index contributed by atoms with van der Waals surface area (Å²) in [6.07, 6.45) is 5.35. The normalized spacial score (nSPS) is 10.4. The van der Waals surface area contributed by atoms with Gasteiger partial charge in [0.2, 0.25) is 0 Å². The first-order valence-corrected chi connectivity index (χ1v) is 2.97. The standard InChI is InChI=1S/C8H11N/c1-3-4-5-8(2)6-7-9/h3,6H,1,4-5H2,2H3/b8-6-. The maximum absolute atomic E-state index is 8.18. The highest BCUT2D eigenvalue weighted by Crippen LogP contribution is 2.02. The van der Waals surface area contributed by atoms with Crippen molar-refractivity contribution in [2.45, 2.75) is 19.8 Å². The predicted molar refractivity (Wildman–Crippen MR) is 38.8 cm³/mol. The van der Waals surface area contributed by atoms with Gasteiger partial charge in [0.15, 0.2) is 0 Å². The zero-order valence-electron chi connectivity index (χ0n) is 5.72. The summed E-state index contributed by atoms with van der Waals surface area (Å²) in [5, 5.41) is 8.18. The van der Waals surface area contributed by atoms with Crippen LogP contribution >= 0.6 is 0 Å². The molecule has 0 aliphatic rings. The second kappa shape index (κ2) is 5.11. The lowest BCUT2D eigenvalue weighted by Gasteiger charge is -1.91. The minimum atomic E-state index is 0.955. The van der Waals surface area contributed by atoms with Gasteiger partial charge in [0, 0.05) is 6.08 Å². The molecule has 0 amide bonds. The molecule has 0 bridgehead atoms. The van der Waals surface area contributed by atoms with Crippen LogP contribution in [0.15, 0.2) is 24.3 Å². The molecule has 0 fully saturated rings. The van der Waals surface area contributed by atoms with Gasteiger partial charge in [0.25, 0.3) is 0 Å². The molecule has 0 saturated heterocycles. The van der Waals surface area contributed by atoms with Crippen LogP contribution in [0.5, 0.6) is 0 Å². The second-order valence-corrected chi connectivity index (χ2v) is 1.95. The molecule has 1 heteroatoms. The minimum Gasteiger partial charge on any atom is -0.193 e. The van der Waals surface area contributed by atoms with Crippen LogP contribution in [0.25, 0.3) is 0 Å². The Morgan fingerprint density at radius 2 is 2.44 bits per heavy atom. The lowest BCUT2D eigenvalue weighted by molar-refractivity contribution is 0.981. The van der Waals surface area contributed by atoms with E-state index in [-0.39, 0.29) is 0 Å². The smallest absolute Gasteiger partial charge is 0.0911 e. The zero-order chi connectivity index (χ0) is 7.11. The molecule has 1 nitrogen and oxygen atoms in total. The third-order valence-electron chi connectivity index (χ3n) is 1.05. The zero-order valence-corrected chi connectivity index (χ0v) is 5.72. The molecule has 48 valence electrons. The van der Waals surface area contributed by atoms with Crippen LogP contribution in [0.4, 0.5) is 0 Å². The maximum atomic E-state index is 8.18. The van der Waals surface area contributed by atoms with Gasteiger partial charge >= 0.3 is 0 Å². The average Bonchev–Trinajstić information content (AvgIpc) is 1.85. The summed E-state index contributed by atoms with van der Waals surface area (Å²) in [7, 11) is 0. The van der Waals surface area contributed by atoms with Crippen molar-refractivity contribution in [3.05, 3.63) is 24.3 Å². The van der Waals surface area contributed by atoms with Gasteiger partial charge in [-0.2, -0.15) is 5.26 Å². The van der Waals surface area contributed by atoms with Crippen molar-refractivity contribution in [2.24, 2.45) is 0 Å². The maximum Gasteiger partial charge on any atom is 0.0911 e. The Morgan fingerprint density at radius 1 is 1.78 bits per heavy atom. The fraction of sp³-hybridized carbons (Fsp3) is 0.375. The monoisotopic (exact) mass is 121 g/mol. The predicted octanol–water partition coefficient (Wildman–Crippen LogP) is 2.42. The van der Waals surface area contributed by atoms with Crippen molar-refractivity contribution < 1.29 is 0 Å². The van der Waals surface area contributed by atoms with E-state index in [1.54, 1.807) is 6.08 Å². The van der Waals surface area contributed by atoms with Gasteiger partial charge < -0.3 is 0 Å². The van der Waals surface area contributed by atoms with Gasteiger partial charge in [-0.3, -0.25) is 0 Å². The lowest BCUT2D eigenvalue weighted by Crippen LogP contribution is -1.72. The first-order valence-electron chi connectivity index (χ1n) is 2.97. The van der Waals surface area contributed by atoms with E-state index < -0.39 is 0 Å². The summed E-state index contributed by atoms with van der Waals surface area (Å²) in [6, 6.07) is 1.98. The van der Waals surface area contributed by atoms with Gasteiger partial charge in [0.1, 0.15) is 0 Å². The van der Waals surface area contributed by atoms with Crippen molar-refractivity contribution in [2.75, 3.05) is 0 Å². The van der Waals surface area contributed by atoms with E-state index in [1.165, 1.54) is 0 Å². The number of nitriles is 1. The molecular formula is C8H11N. The molecule has 0 aromatic heterocycles. The Kier molecular flexibility index (Phi) is 4.53. The number of hydrogen-bond donors (Lipinski definition) is 0. The van der Waals surface area contributed by atoms with Gasteiger partial charge in [-0.25, -0.2) is 0 Å². The Morgan fingerprint density at radius 3 is 2.89 bits per heavy atom. The van der Waals surface area contributed by atoms with Crippen LogP contribution in [0.1, 0.15) is 19.8 Å². The SMILES string of the molecule is C=CCC/C(C)=C\C#N. The molecule has 0 aliphatic heterocycles. The van der Waals surface area contributed by atoms with Gasteiger partial charge in [-0.05, 0) is 19.8 Å². The van der Waals surface area contributed by atoms with E-state index in [9.17, 15) is 0 Å². The van der Waals surface area contributed by atoms with Gasteiger partial charge in [0.05, 0.1) is 6.07 Å². The van der Waals surface area contributed by atoms with Crippen molar-refractivity contribution in [1.82, 2.24) is 0 Å². The first-order chi connectivity index (χ1) is 4.31. The third-order valence-corrected chi connectivity index (χ3v) is 1.05. The molecule has 0 saturated carbocycles. The quantitative estimate of drug-likeness (QED) is 0.415. The second-order valence-electron chi connectivity index (χ2n) is 1.95. The number of hydrogen-bond acceptors (Lipinski definition) is 1. The molecule has 0 atom stereocenters. The average molecular weight is 121 g/mol. The summed E-state index contributed by atoms with van der Waals surface area (Å²) in [5.74, 6) is 0. The Bertz CT molecular complexity index is 148. The van der Waals surface area contributed by atoms with Crippen LogP contribution in [-0.2, 0) is 0 Å². The molecule has 0 spiro atoms. The molecule has 0 unspecified atom stereocenters. The largest absolute Gasteiger partial charge is 0.193 e. The summed E-state index contributed by atoms with van der Waals surface area (Å²) in [5.41, 5.74) is 1.12. The molecule has 9 heavy (non-hydrogen) atoms. The van der Waals surface area contributed by atoms with Crippen LogP contribution < -0.4 is 0 Å². The fourth-order valence-electron chi connectivity index (χ4n) is 0.512. The third kappa shape index (κ3) is 4.83. The van der Waals surface area contributed by atoms with Crippen LogP contribution in [0, 0.1) is 11.3 Å². The van der Waals surface area contributed by atoms with E-state index in [0.29, 0.717) is 0 Å². The van der Waals surface area contributed by atoms with Crippen molar-refractivity contribution in [3.63, 3.8) is 0 Å². The topological polar surface area (TPSA) is 23.8 Å². The van der Waals surface area contributed by atoms with Gasteiger partial charge in [-0.15, -0.1) is 6.58 Å². The molecule has 0 rings (SSSR count). The van der Waals surface area contributed by atoms with Crippen molar-refractivity contribution in [3.8, 4) is 6.07 Å². The molecule has 0 aromatic carbocycles. The van der Waals surface area contributed by atoms with E-state index >= 15 is 0 Å². The summed E-state index contributed by atoms with van der Waals surface area (Å²) in [4.78, 5) is 0. The molecule has 0 aliphatic carbocycles. The molecule has 0 aromatic rings. The van der Waals surface area contributed by atoms with Crippen LogP contribution in [0.3, 0.4) is 0 Å². The minimum absolute atomic E-state index is 0.955. The highest BCUT2D eigenvalue weighted by Gasteiger charge is 1.84. The summed E-state index contributed by atoms with van der Waals surface area (Å²) >= 11 is 0. The van der Waals surface area contributed by atoms with Crippen molar-refractivity contribution >= 4 is 0 Å². The van der Waals surface area contributed by atoms with E-state index in [0.717, 1.165) is 18.4 Å². The Balaban J connectivity index is 3.52. The molecule has 0 heterocycles. The lowest BCUT2D eigenvalue weighted by atomic mass is 10.1.